The number of aliphatic imine (C=N–C) groups is 1. The van der Waals surface area contributed by atoms with E-state index in [-0.39, 0.29) is 0 Å². The zero-order valence-corrected chi connectivity index (χ0v) is 17.6. The fourth-order valence-corrected chi connectivity index (χ4v) is 3.66. The number of rotatable bonds is 8. The van der Waals surface area contributed by atoms with E-state index in [1.54, 1.807) is 14.2 Å². The highest BCUT2D eigenvalue weighted by molar-refractivity contribution is 5.80. The van der Waals surface area contributed by atoms with Crippen LogP contribution in [-0.2, 0) is 17.9 Å². The van der Waals surface area contributed by atoms with Gasteiger partial charge in [0.05, 0.1) is 25.9 Å². The molecule has 2 aromatic rings. The monoisotopic (exact) mass is 396 g/mol. The van der Waals surface area contributed by atoms with Crippen molar-refractivity contribution in [1.82, 2.24) is 10.6 Å². The van der Waals surface area contributed by atoms with Gasteiger partial charge in [0.1, 0.15) is 5.75 Å². The number of guanidine groups is 1. The molecule has 6 nitrogen and oxygen atoms in total. The molecule has 2 aromatic carbocycles. The van der Waals surface area contributed by atoms with Gasteiger partial charge < -0.3 is 25.0 Å². The number of ether oxygens (including phenoxy) is 2. The lowest BCUT2D eigenvalue weighted by atomic mass is 10.1. The first-order valence-electron chi connectivity index (χ1n) is 10.2. The first-order valence-corrected chi connectivity index (χ1v) is 10.2. The molecule has 0 aromatic heterocycles. The Balaban J connectivity index is 1.62. The van der Waals surface area contributed by atoms with Gasteiger partial charge >= 0.3 is 0 Å². The second-order valence-corrected chi connectivity index (χ2v) is 7.20. The van der Waals surface area contributed by atoms with Gasteiger partial charge in [-0.2, -0.15) is 0 Å². The topological polar surface area (TPSA) is 58.1 Å². The van der Waals surface area contributed by atoms with Crippen molar-refractivity contribution in [3.63, 3.8) is 0 Å². The van der Waals surface area contributed by atoms with Crippen LogP contribution in [-0.4, -0.2) is 45.9 Å². The van der Waals surface area contributed by atoms with E-state index in [0.29, 0.717) is 19.2 Å². The van der Waals surface area contributed by atoms with Crippen LogP contribution in [0.25, 0.3) is 0 Å². The van der Waals surface area contributed by atoms with Crippen molar-refractivity contribution < 1.29 is 9.47 Å². The number of methoxy groups -OCH3 is 2. The number of benzene rings is 2. The van der Waals surface area contributed by atoms with E-state index >= 15 is 0 Å². The zero-order valence-electron chi connectivity index (χ0n) is 17.6. The van der Waals surface area contributed by atoms with Crippen molar-refractivity contribution in [3.8, 4) is 5.75 Å². The van der Waals surface area contributed by atoms with Crippen molar-refractivity contribution in [2.24, 2.45) is 4.99 Å². The minimum absolute atomic E-state index is 0.345. The molecule has 0 spiro atoms. The SMILES string of the molecule is CCNC(=NCc1cccc(COC)c1)NC1CCN(c2ccccc2OC)C1. The highest BCUT2D eigenvalue weighted by Crippen LogP contribution is 2.30. The lowest BCUT2D eigenvalue weighted by Gasteiger charge is -2.22. The van der Waals surface area contributed by atoms with Crippen molar-refractivity contribution in [1.29, 1.82) is 0 Å². The second kappa shape index (κ2) is 10.7. The number of nitrogens with zero attached hydrogens (tertiary/aromatic N) is 2. The number of hydrogen-bond acceptors (Lipinski definition) is 4. The highest BCUT2D eigenvalue weighted by atomic mass is 16.5. The summed E-state index contributed by atoms with van der Waals surface area (Å²) < 4.78 is 10.7. The van der Waals surface area contributed by atoms with Gasteiger partial charge in [0, 0.05) is 32.8 Å². The Bertz CT molecular complexity index is 809. The summed E-state index contributed by atoms with van der Waals surface area (Å²) in [6, 6.07) is 16.9. The van der Waals surface area contributed by atoms with Gasteiger partial charge in [-0.3, -0.25) is 0 Å². The van der Waals surface area contributed by atoms with Gasteiger partial charge in [0.15, 0.2) is 5.96 Å². The summed E-state index contributed by atoms with van der Waals surface area (Å²) >= 11 is 0. The van der Waals surface area contributed by atoms with E-state index in [2.05, 4.69) is 58.9 Å². The number of para-hydroxylation sites is 2. The fourth-order valence-electron chi connectivity index (χ4n) is 3.66. The summed E-state index contributed by atoms with van der Waals surface area (Å²) in [7, 11) is 3.44. The first kappa shape index (κ1) is 21.0. The average molecular weight is 397 g/mol. The summed E-state index contributed by atoms with van der Waals surface area (Å²) in [6.45, 7) is 6.10. The summed E-state index contributed by atoms with van der Waals surface area (Å²) in [5.41, 5.74) is 3.50. The third kappa shape index (κ3) is 5.87. The Hall–Kier alpha value is -2.73. The Morgan fingerprint density at radius 1 is 1.14 bits per heavy atom. The van der Waals surface area contributed by atoms with E-state index in [4.69, 9.17) is 14.5 Å². The molecule has 6 heteroatoms. The van der Waals surface area contributed by atoms with Crippen molar-refractivity contribution in [2.45, 2.75) is 32.5 Å². The third-order valence-corrected chi connectivity index (χ3v) is 5.02. The van der Waals surface area contributed by atoms with Crippen LogP contribution in [0, 0.1) is 0 Å². The number of nitrogens with one attached hydrogen (secondary N) is 2. The number of hydrogen-bond donors (Lipinski definition) is 2. The highest BCUT2D eigenvalue weighted by Gasteiger charge is 2.25. The molecule has 1 aliphatic heterocycles. The molecule has 29 heavy (non-hydrogen) atoms. The van der Waals surface area contributed by atoms with Crippen molar-refractivity contribution in [2.75, 3.05) is 38.8 Å². The van der Waals surface area contributed by atoms with Crippen LogP contribution < -0.4 is 20.3 Å². The second-order valence-electron chi connectivity index (χ2n) is 7.20. The van der Waals surface area contributed by atoms with Gasteiger partial charge in [-0.05, 0) is 36.6 Å². The Labute approximate surface area is 173 Å². The van der Waals surface area contributed by atoms with Gasteiger partial charge in [-0.15, -0.1) is 0 Å². The maximum absolute atomic E-state index is 5.52. The van der Waals surface area contributed by atoms with Crippen molar-refractivity contribution >= 4 is 11.6 Å². The van der Waals surface area contributed by atoms with Gasteiger partial charge in [0.2, 0.25) is 0 Å². The molecule has 0 radical (unpaired) electrons. The normalized spacial score (nSPS) is 16.7. The Morgan fingerprint density at radius 2 is 1.97 bits per heavy atom. The predicted molar refractivity (Wildman–Crippen MR) is 119 cm³/mol. The largest absolute Gasteiger partial charge is 0.495 e. The molecule has 0 bridgehead atoms. The summed E-state index contributed by atoms with van der Waals surface area (Å²) in [5, 5.41) is 6.96. The van der Waals surface area contributed by atoms with E-state index < -0.39 is 0 Å². The first-order chi connectivity index (χ1) is 14.2. The van der Waals surface area contributed by atoms with Crippen LogP contribution in [0.2, 0.25) is 0 Å². The van der Waals surface area contributed by atoms with Crippen molar-refractivity contribution in [3.05, 3.63) is 59.7 Å². The summed E-state index contributed by atoms with van der Waals surface area (Å²) in [5.74, 6) is 1.78. The van der Waals surface area contributed by atoms with Gasteiger partial charge in [0.25, 0.3) is 0 Å². The standard InChI is InChI=1S/C23H32N4O2/c1-4-24-23(25-15-18-8-7-9-19(14-18)17-28-2)26-20-12-13-27(16-20)21-10-5-6-11-22(21)29-3/h5-11,14,20H,4,12-13,15-17H2,1-3H3,(H2,24,25,26). The minimum atomic E-state index is 0.345. The van der Waals surface area contributed by atoms with Crippen LogP contribution in [0.5, 0.6) is 5.75 Å². The predicted octanol–water partition coefficient (Wildman–Crippen LogP) is 3.18. The molecule has 1 fully saturated rings. The molecule has 156 valence electrons. The van der Waals surface area contributed by atoms with Crippen LogP contribution in [0.3, 0.4) is 0 Å². The maximum Gasteiger partial charge on any atom is 0.191 e. The average Bonchev–Trinajstić information content (AvgIpc) is 3.21. The molecule has 0 aliphatic carbocycles. The zero-order chi connectivity index (χ0) is 20.5. The van der Waals surface area contributed by atoms with Gasteiger partial charge in [-0.25, -0.2) is 4.99 Å². The lowest BCUT2D eigenvalue weighted by Crippen LogP contribution is -2.44. The molecule has 1 heterocycles. The van der Waals surface area contributed by atoms with E-state index in [1.165, 1.54) is 11.1 Å². The van der Waals surface area contributed by atoms with E-state index in [0.717, 1.165) is 43.5 Å². The van der Waals surface area contributed by atoms with Crippen LogP contribution in [0.1, 0.15) is 24.5 Å². The molecule has 2 N–H and O–H groups in total. The summed E-state index contributed by atoms with van der Waals surface area (Å²) in [4.78, 5) is 7.16. The van der Waals surface area contributed by atoms with E-state index in [9.17, 15) is 0 Å². The molecule has 0 amide bonds. The van der Waals surface area contributed by atoms with Crippen LogP contribution in [0.15, 0.2) is 53.5 Å². The third-order valence-electron chi connectivity index (χ3n) is 5.02. The Morgan fingerprint density at radius 3 is 2.76 bits per heavy atom. The molecular formula is C23H32N4O2. The fraction of sp³-hybridized carbons (Fsp3) is 0.435. The maximum atomic E-state index is 5.52. The smallest absolute Gasteiger partial charge is 0.191 e. The summed E-state index contributed by atoms with van der Waals surface area (Å²) in [6.07, 6.45) is 1.06. The minimum Gasteiger partial charge on any atom is -0.495 e. The van der Waals surface area contributed by atoms with Crippen LogP contribution >= 0.6 is 0 Å². The molecule has 3 rings (SSSR count). The van der Waals surface area contributed by atoms with Gasteiger partial charge in [-0.1, -0.05) is 36.4 Å². The van der Waals surface area contributed by atoms with Crippen LogP contribution in [0.4, 0.5) is 5.69 Å². The molecule has 1 saturated heterocycles. The quantitative estimate of drug-likeness (QED) is 0.530. The number of anilines is 1. The molecule has 1 unspecified atom stereocenters. The molecule has 0 saturated carbocycles. The Kier molecular flexibility index (Phi) is 7.76. The molecule has 1 atom stereocenters. The lowest BCUT2D eigenvalue weighted by molar-refractivity contribution is 0.185. The molecular weight excluding hydrogens is 364 g/mol. The molecule has 1 aliphatic rings. The van der Waals surface area contributed by atoms with E-state index in [1.807, 2.05) is 12.1 Å².